The van der Waals surface area contributed by atoms with Gasteiger partial charge in [0.2, 0.25) is 11.8 Å². The Hall–Kier alpha value is -4.96. The van der Waals surface area contributed by atoms with Crippen molar-refractivity contribution in [2.45, 2.75) is 31.8 Å². The summed E-state index contributed by atoms with van der Waals surface area (Å²) in [7, 11) is 0. The number of aromatic nitrogens is 3. The fourth-order valence-corrected chi connectivity index (χ4v) is 7.25. The van der Waals surface area contributed by atoms with Crippen molar-refractivity contribution in [3.05, 3.63) is 123 Å². The third kappa shape index (κ3) is 3.82. The molecule has 4 atom stereocenters. The average molecular weight is 579 g/mol. The average Bonchev–Trinajstić information content (AvgIpc) is 3.40. The minimum Gasteiger partial charge on any atom is -0.491 e. The lowest BCUT2D eigenvalue weighted by molar-refractivity contribution is -0.129. The standard InChI is InChI=1S/C33H30N4O6/c1-33-25(29(39)35(30(33)40)21-10-4-2-5-11-21)20-26-23(28(33)24-14-8-9-15-27(24)43-19-18-38)16-17-34-31(41)36(32(42)37(26)34)22-12-6-3-7-13-22/h2-16,25-26,28,38H,17-20H2,1H3/t25-,26+,28+,33+/m0/s1. The third-order valence-electron chi connectivity index (χ3n) is 9.15. The number of hydrogen-bond donors (Lipinski definition) is 1. The Bertz CT molecular complexity index is 1890. The summed E-state index contributed by atoms with van der Waals surface area (Å²) in [4.78, 5) is 57.5. The Kier molecular flexibility index (Phi) is 6.32. The number of imide groups is 1. The summed E-state index contributed by atoms with van der Waals surface area (Å²) in [5.41, 5.74) is 0.221. The Morgan fingerprint density at radius 1 is 0.860 bits per heavy atom. The van der Waals surface area contributed by atoms with Gasteiger partial charge in [-0.2, -0.15) is 0 Å². The second kappa shape index (κ2) is 10.1. The van der Waals surface area contributed by atoms with E-state index >= 15 is 0 Å². The first-order valence-electron chi connectivity index (χ1n) is 14.3. The Morgan fingerprint density at radius 2 is 1.51 bits per heavy atom. The van der Waals surface area contributed by atoms with Crippen LogP contribution in [0.25, 0.3) is 5.69 Å². The van der Waals surface area contributed by atoms with Gasteiger partial charge in [-0.1, -0.05) is 60.7 Å². The number of hydrogen-bond acceptors (Lipinski definition) is 6. The van der Waals surface area contributed by atoms with E-state index in [1.807, 2.05) is 43.3 Å². The summed E-state index contributed by atoms with van der Waals surface area (Å²) in [6.07, 6.45) is 2.09. The number of para-hydroxylation sites is 3. The molecule has 0 unspecified atom stereocenters. The molecule has 218 valence electrons. The van der Waals surface area contributed by atoms with Crippen LogP contribution in [-0.4, -0.2) is 44.1 Å². The topological polar surface area (TPSA) is 116 Å². The molecule has 1 saturated heterocycles. The highest BCUT2D eigenvalue weighted by Gasteiger charge is 2.65. The zero-order valence-electron chi connectivity index (χ0n) is 23.5. The van der Waals surface area contributed by atoms with Crippen molar-refractivity contribution in [1.82, 2.24) is 13.9 Å². The Morgan fingerprint density at radius 3 is 2.21 bits per heavy atom. The van der Waals surface area contributed by atoms with E-state index in [0.29, 0.717) is 22.7 Å². The lowest BCUT2D eigenvalue weighted by atomic mass is 9.56. The van der Waals surface area contributed by atoms with Gasteiger partial charge in [0.1, 0.15) is 12.4 Å². The van der Waals surface area contributed by atoms with Crippen LogP contribution in [0.3, 0.4) is 0 Å². The molecule has 0 radical (unpaired) electrons. The normalized spacial score (nSPS) is 24.3. The van der Waals surface area contributed by atoms with E-state index in [-0.39, 0.29) is 38.0 Å². The van der Waals surface area contributed by atoms with Crippen molar-refractivity contribution in [3.63, 3.8) is 0 Å². The van der Waals surface area contributed by atoms with Crippen LogP contribution in [0.15, 0.2) is 106 Å². The first-order chi connectivity index (χ1) is 20.9. The van der Waals surface area contributed by atoms with Gasteiger partial charge in [-0.15, -0.1) is 0 Å². The molecule has 3 aromatic carbocycles. The molecule has 1 aliphatic carbocycles. The number of fused-ring (bicyclic) bond motifs is 4. The molecular weight excluding hydrogens is 548 g/mol. The second-order valence-electron chi connectivity index (χ2n) is 11.3. The van der Waals surface area contributed by atoms with Crippen molar-refractivity contribution in [1.29, 1.82) is 0 Å². The van der Waals surface area contributed by atoms with Crippen molar-refractivity contribution in [2.24, 2.45) is 11.3 Å². The largest absolute Gasteiger partial charge is 0.491 e. The van der Waals surface area contributed by atoms with Gasteiger partial charge < -0.3 is 9.84 Å². The molecule has 3 heterocycles. The molecule has 0 bridgehead atoms. The molecule has 2 amide bonds. The molecule has 43 heavy (non-hydrogen) atoms. The van der Waals surface area contributed by atoms with Gasteiger partial charge in [-0.05, 0) is 49.2 Å². The highest BCUT2D eigenvalue weighted by molar-refractivity contribution is 6.24. The van der Waals surface area contributed by atoms with E-state index in [9.17, 15) is 24.3 Å². The predicted octanol–water partition coefficient (Wildman–Crippen LogP) is 3.04. The molecule has 7 rings (SSSR count). The Labute approximate surface area is 246 Å². The first kappa shape index (κ1) is 26.9. The zero-order valence-corrected chi connectivity index (χ0v) is 23.5. The van der Waals surface area contributed by atoms with E-state index in [2.05, 4.69) is 0 Å². The van der Waals surface area contributed by atoms with Crippen molar-refractivity contribution < 1.29 is 19.4 Å². The van der Waals surface area contributed by atoms with Gasteiger partial charge in [0, 0.05) is 11.5 Å². The van der Waals surface area contributed by atoms with Gasteiger partial charge in [0.15, 0.2) is 0 Å². The first-order valence-corrected chi connectivity index (χ1v) is 14.3. The lowest BCUT2D eigenvalue weighted by Crippen LogP contribution is -2.49. The molecular formula is C33H30N4O6. The summed E-state index contributed by atoms with van der Waals surface area (Å²) >= 11 is 0. The van der Waals surface area contributed by atoms with Crippen molar-refractivity contribution in [2.75, 3.05) is 18.1 Å². The second-order valence-corrected chi connectivity index (χ2v) is 11.3. The third-order valence-corrected chi connectivity index (χ3v) is 9.15. The van der Waals surface area contributed by atoms with Crippen LogP contribution in [0.1, 0.15) is 30.9 Å². The van der Waals surface area contributed by atoms with Crippen LogP contribution in [0.4, 0.5) is 5.69 Å². The molecule has 1 aromatic heterocycles. The monoisotopic (exact) mass is 578 g/mol. The van der Waals surface area contributed by atoms with E-state index in [4.69, 9.17) is 4.74 Å². The molecule has 10 nitrogen and oxygen atoms in total. The quantitative estimate of drug-likeness (QED) is 0.278. The maximum absolute atomic E-state index is 14.5. The molecule has 2 fully saturated rings. The van der Waals surface area contributed by atoms with Gasteiger partial charge in [-0.25, -0.2) is 28.4 Å². The van der Waals surface area contributed by atoms with Crippen LogP contribution >= 0.6 is 0 Å². The lowest BCUT2D eigenvalue weighted by Gasteiger charge is -2.47. The van der Waals surface area contributed by atoms with E-state index < -0.39 is 34.7 Å². The number of anilines is 1. The van der Waals surface area contributed by atoms with Crippen LogP contribution in [-0.2, 0) is 16.1 Å². The van der Waals surface area contributed by atoms with E-state index in [1.54, 1.807) is 54.6 Å². The molecule has 0 spiro atoms. The number of allylic oxidation sites excluding steroid dienone is 2. The van der Waals surface area contributed by atoms with Crippen LogP contribution in [0, 0.1) is 11.3 Å². The number of rotatable bonds is 6. The van der Waals surface area contributed by atoms with Gasteiger partial charge >= 0.3 is 11.4 Å². The highest BCUT2D eigenvalue weighted by Crippen LogP contribution is 2.62. The van der Waals surface area contributed by atoms with E-state index in [0.717, 1.165) is 10.1 Å². The molecule has 2 aliphatic heterocycles. The number of amides is 2. The number of carbonyl (C=O) groups is 2. The maximum Gasteiger partial charge on any atom is 0.352 e. The van der Waals surface area contributed by atoms with Crippen LogP contribution in [0.5, 0.6) is 5.75 Å². The minimum atomic E-state index is -1.21. The van der Waals surface area contributed by atoms with Crippen molar-refractivity contribution in [3.8, 4) is 11.4 Å². The van der Waals surface area contributed by atoms with Gasteiger partial charge in [0.25, 0.3) is 0 Å². The number of carbonyl (C=O) groups excluding carboxylic acids is 2. The van der Waals surface area contributed by atoms with Gasteiger partial charge in [0.05, 0.1) is 41.9 Å². The summed E-state index contributed by atoms with van der Waals surface area (Å²) in [6, 6.07) is 24.2. The predicted molar refractivity (Wildman–Crippen MR) is 158 cm³/mol. The molecule has 1 saturated carbocycles. The number of aliphatic hydroxyl groups is 1. The van der Waals surface area contributed by atoms with Gasteiger partial charge in [-0.3, -0.25) is 9.59 Å². The summed E-state index contributed by atoms with van der Waals surface area (Å²) in [5.74, 6) is -1.61. The highest BCUT2D eigenvalue weighted by atomic mass is 16.5. The molecule has 1 N–H and O–H groups in total. The summed E-state index contributed by atoms with van der Waals surface area (Å²) in [5, 5.41) is 9.50. The summed E-state index contributed by atoms with van der Waals surface area (Å²) in [6.45, 7) is 1.80. The fourth-order valence-electron chi connectivity index (χ4n) is 7.25. The maximum atomic E-state index is 14.5. The number of ether oxygens (including phenoxy) is 1. The number of aliphatic hydroxyl groups excluding tert-OH is 1. The Balaban J connectivity index is 1.45. The molecule has 4 aromatic rings. The van der Waals surface area contributed by atoms with Crippen LogP contribution < -0.4 is 21.0 Å². The van der Waals surface area contributed by atoms with E-state index in [1.165, 1.54) is 14.3 Å². The SMILES string of the molecule is C[C@@]12C(=O)N(c3ccccc3)C(=O)[C@@H]1C[C@@H]1C(=CCn3c(=O)n(-c4ccccc4)c(=O)n31)[C@@H]2c1ccccc1OCCO. The van der Waals surface area contributed by atoms with Crippen LogP contribution in [0.2, 0.25) is 0 Å². The summed E-state index contributed by atoms with van der Waals surface area (Å²) < 4.78 is 9.96. The number of nitrogens with zero attached hydrogens (tertiary/aromatic N) is 4. The van der Waals surface area contributed by atoms with Crippen molar-refractivity contribution >= 4 is 17.5 Å². The molecule has 3 aliphatic rings. The minimum absolute atomic E-state index is 0.0499. The fraction of sp³-hybridized carbons (Fsp3) is 0.273. The number of benzene rings is 3. The zero-order chi connectivity index (χ0) is 29.9. The molecule has 10 heteroatoms. The smallest absolute Gasteiger partial charge is 0.352 e.